The molecule has 5 nitrogen and oxygen atoms in total. The monoisotopic (exact) mass is 546 g/mol. The van der Waals surface area contributed by atoms with Crippen LogP contribution >= 0.6 is 15.9 Å². The molecule has 0 amide bonds. The molecule has 34 heavy (non-hydrogen) atoms. The summed E-state index contributed by atoms with van der Waals surface area (Å²) >= 11 is 3.22. The van der Waals surface area contributed by atoms with Crippen LogP contribution in [-0.2, 0) is 22.1 Å². The van der Waals surface area contributed by atoms with E-state index in [0.717, 1.165) is 36.3 Å². The van der Waals surface area contributed by atoms with Gasteiger partial charge in [-0.05, 0) is 83.4 Å². The number of benzene rings is 1. The topological polar surface area (TPSA) is 51.5 Å². The highest BCUT2D eigenvalue weighted by Crippen LogP contribution is 2.33. The van der Waals surface area contributed by atoms with Crippen LogP contribution < -0.4 is 5.56 Å². The van der Waals surface area contributed by atoms with Gasteiger partial charge in [0.25, 0.3) is 5.56 Å². The maximum absolute atomic E-state index is 14.8. The van der Waals surface area contributed by atoms with E-state index in [1.54, 1.807) is 20.8 Å². The third-order valence-electron chi connectivity index (χ3n) is 5.50. The molecule has 1 aromatic carbocycles. The summed E-state index contributed by atoms with van der Waals surface area (Å²) in [5.74, 6) is -1.73. The van der Waals surface area contributed by atoms with E-state index in [1.807, 2.05) is 0 Å². The molecule has 2 heterocycles. The van der Waals surface area contributed by atoms with Crippen molar-refractivity contribution in [2.75, 3.05) is 19.6 Å². The van der Waals surface area contributed by atoms with E-state index >= 15 is 0 Å². The van der Waals surface area contributed by atoms with Crippen LogP contribution in [0.3, 0.4) is 0 Å². The fraction of sp³-hybridized carbons (Fsp3) is 0.500. The van der Waals surface area contributed by atoms with Gasteiger partial charge in [-0.2, -0.15) is 13.2 Å². The van der Waals surface area contributed by atoms with Gasteiger partial charge in [-0.3, -0.25) is 9.36 Å². The summed E-state index contributed by atoms with van der Waals surface area (Å²) in [6, 6.07) is 2.73. The van der Waals surface area contributed by atoms with Gasteiger partial charge in [0, 0.05) is 22.3 Å². The Morgan fingerprint density at radius 1 is 1.18 bits per heavy atom. The van der Waals surface area contributed by atoms with Gasteiger partial charge in [0.2, 0.25) is 0 Å². The molecule has 1 unspecified atom stereocenters. The van der Waals surface area contributed by atoms with Gasteiger partial charge in [-0.1, -0.05) is 15.9 Å². The number of alkyl halides is 3. The number of ether oxygens (including phenoxy) is 1. The van der Waals surface area contributed by atoms with Crippen molar-refractivity contribution in [3.63, 3.8) is 0 Å². The highest BCUT2D eigenvalue weighted by Gasteiger charge is 2.37. The second-order valence-corrected chi connectivity index (χ2v) is 10.3. The largest absolute Gasteiger partial charge is 0.458 e. The number of esters is 1. The molecule has 1 aliphatic rings. The molecule has 10 heteroatoms. The van der Waals surface area contributed by atoms with Crippen molar-refractivity contribution in [2.24, 2.45) is 0 Å². The van der Waals surface area contributed by atoms with E-state index in [4.69, 9.17) is 4.74 Å². The molecule has 0 spiro atoms. The molecule has 1 fully saturated rings. The van der Waals surface area contributed by atoms with E-state index in [-0.39, 0.29) is 17.5 Å². The number of nitrogens with zero attached hydrogens (tertiary/aromatic N) is 2. The molecule has 0 N–H and O–H groups in total. The molecule has 0 saturated carbocycles. The van der Waals surface area contributed by atoms with Crippen molar-refractivity contribution in [1.29, 1.82) is 0 Å². The summed E-state index contributed by atoms with van der Waals surface area (Å²) in [4.78, 5) is 28.1. The standard InChI is InChI=1S/C24H27BrF4N2O3/c1-23(2,3)34-22(33)21(17-12-16(25)7-8-19(17)26)31-14-15(6-4-9-30-10-5-11-30)18(13-20(31)32)24(27,28)29/h7-8,12-14,21H,4-6,9-11H2,1-3H3. The highest BCUT2D eigenvalue weighted by molar-refractivity contribution is 9.10. The molecule has 3 rings (SSSR count). The van der Waals surface area contributed by atoms with Crippen molar-refractivity contribution in [1.82, 2.24) is 9.47 Å². The fourth-order valence-corrected chi connectivity index (χ4v) is 4.21. The minimum absolute atomic E-state index is 0.0492. The summed E-state index contributed by atoms with van der Waals surface area (Å²) in [5.41, 5.74) is -3.40. The Kier molecular flexibility index (Phi) is 7.92. The van der Waals surface area contributed by atoms with Crippen molar-refractivity contribution in [2.45, 2.75) is 57.9 Å². The number of rotatable bonds is 7. The van der Waals surface area contributed by atoms with Crippen LogP contribution in [0.2, 0.25) is 0 Å². The first-order valence-electron chi connectivity index (χ1n) is 11.0. The predicted molar refractivity (Wildman–Crippen MR) is 123 cm³/mol. The summed E-state index contributed by atoms with van der Waals surface area (Å²) in [7, 11) is 0. The van der Waals surface area contributed by atoms with Crippen LogP contribution in [0.4, 0.5) is 17.6 Å². The van der Waals surface area contributed by atoms with E-state index < -0.39 is 40.7 Å². The average molecular weight is 547 g/mol. The summed E-state index contributed by atoms with van der Waals surface area (Å²) in [6.45, 7) is 7.27. The Balaban J connectivity index is 2.11. The lowest BCUT2D eigenvalue weighted by atomic mass is 10.0. The van der Waals surface area contributed by atoms with E-state index in [1.165, 1.54) is 12.1 Å². The maximum Gasteiger partial charge on any atom is 0.416 e. The van der Waals surface area contributed by atoms with Gasteiger partial charge in [0.1, 0.15) is 11.4 Å². The molecule has 1 aromatic heterocycles. The van der Waals surface area contributed by atoms with E-state index in [9.17, 15) is 27.2 Å². The molecular formula is C24H27BrF4N2O3. The zero-order valence-corrected chi connectivity index (χ0v) is 20.8. The third kappa shape index (κ3) is 6.47. The number of aromatic nitrogens is 1. The minimum Gasteiger partial charge on any atom is -0.458 e. The first kappa shape index (κ1) is 26.4. The SMILES string of the molecule is CC(C)(C)OC(=O)C(c1cc(Br)ccc1F)n1cc(CCCN2CCC2)c(C(F)(F)F)cc1=O. The van der Waals surface area contributed by atoms with E-state index in [0.29, 0.717) is 23.5 Å². The van der Waals surface area contributed by atoms with Crippen LogP contribution in [0.5, 0.6) is 0 Å². The lowest BCUT2D eigenvalue weighted by molar-refractivity contribution is -0.157. The molecule has 186 valence electrons. The number of carbonyl (C=O) groups is 1. The van der Waals surface area contributed by atoms with Crippen LogP contribution in [-0.4, -0.2) is 40.7 Å². The molecule has 0 bridgehead atoms. The Morgan fingerprint density at radius 2 is 1.85 bits per heavy atom. The zero-order chi connectivity index (χ0) is 25.3. The number of hydrogen-bond donors (Lipinski definition) is 0. The first-order valence-corrected chi connectivity index (χ1v) is 11.8. The molecular weight excluding hydrogens is 520 g/mol. The van der Waals surface area contributed by atoms with Gasteiger partial charge in [0.15, 0.2) is 6.04 Å². The molecule has 1 atom stereocenters. The second kappa shape index (κ2) is 10.2. The van der Waals surface area contributed by atoms with Gasteiger partial charge in [0.05, 0.1) is 5.56 Å². The molecule has 1 saturated heterocycles. The average Bonchev–Trinajstić information content (AvgIpc) is 2.66. The van der Waals surface area contributed by atoms with Gasteiger partial charge in [-0.25, -0.2) is 9.18 Å². The minimum atomic E-state index is -4.74. The number of halogens is 5. The van der Waals surface area contributed by atoms with Crippen molar-refractivity contribution < 1.29 is 27.1 Å². The zero-order valence-electron chi connectivity index (χ0n) is 19.2. The molecule has 2 aromatic rings. The summed E-state index contributed by atoms with van der Waals surface area (Å²) < 4.78 is 62.7. The van der Waals surface area contributed by atoms with Gasteiger partial charge < -0.3 is 9.64 Å². The van der Waals surface area contributed by atoms with Gasteiger partial charge >= 0.3 is 12.1 Å². The predicted octanol–water partition coefficient (Wildman–Crippen LogP) is 5.34. The second-order valence-electron chi connectivity index (χ2n) is 9.36. The number of pyridine rings is 1. The third-order valence-corrected chi connectivity index (χ3v) is 5.99. The van der Waals surface area contributed by atoms with Crippen molar-refractivity contribution in [3.8, 4) is 0 Å². The van der Waals surface area contributed by atoms with Crippen molar-refractivity contribution in [3.05, 3.63) is 67.8 Å². The number of carbonyl (C=O) groups excluding carboxylic acids is 1. The normalized spacial score (nSPS) is 15.6. The molecule has 0 radical (unpaired) electrons. The Bertz CT molecular complexity index is 1100. The van der Waals surface area contributed by atoms with E-state index in [2.05, 4.69) is 20.8 Å². The Morgan fingerprint density at radius 3 is 2.41 bits per heavy atom. The highest BCUT2D eigenvalue weighted by atomic mass is 79.9. The molecule has 0 aliphatic carbocycles. The molecule has 1 aliphatic heterocycles. The van der Waals surface area contributed by atoms with Crippen molar-refractivity contribution >= 4 is 21.9 Å². The Labute approximate surface area is 203 Å². The summed E-state index contributed by atoms with van der Waals surface area (Å²) in [6.07, 6.45) is -2.16. The maximum atomic E-state index is 14.8. The smallest absolute Gasteiger partial charge is 0.416 e. The number of hydrogen-bond acceptors (Lipinski definition) is 4. The van der Waals surface area contributed by atoms with Crippen LogP contribution in [0.25, 0.3) is 0 Å². The van der Waals surface area contributed by atoms with Crippen LogP contribution in [0.15, 0.2) is 39.7 Å². The van der Waals surface area contributed by atoms with Gasteiger partial charge in [-0.15, -0.1) is 0 Å². The lowest BCUT2D eigenvalue weighted by Crippen LogP contribution is -2.38. The lowest BCUT2D eigenvalue weighted by Gasteiger charge is -2.30. The van der Waals surface area contributed by atoms with Crippen LogP contribution in [0.1, 0.15) is 56.3 Å². The summed E-state index contributed by atoms with van der Waals surface area (Å²) in [5, 5.41) is 0. The van der Waals surface area contributed by atoms with Crippen LogP contribution in [0, 0.1) is 5.82 Å². The Hall–Kier alpha value is -2.20. The number of likely N-dealkylation sites (tertiary alicyclic amines) is 1. The number of aryl methyl sites for hydroxylation is 1. The quantitative estimate of drug-likeness (QED) is 0.347. The first-order chi connectivity index (χ1) is 15.8. The fourth-order valence-electron chi connectivity index (χ4n) is 3.83.